The van der Waals surface area contributed by atoms with Gasteiger partial charge in [0.25, 0.3) is 10.0 Å². The summed E-state index contributed by atoms with van der Waals surface area (Å²) in [5.41, 5.74) is 0.864. The van der Waals surface area contributed by atoms with E-state index in [1.54, 1.807) is 13.1 Å². The molecule has 1 aromatic rings. The van der Waals surface area contributed by atoms with Crippen molar-refractivity contribution < 1.29 is 8.42 Å². The molecular formula is C13H21ClN2O2S2. The Hall–Kier alpha value is -0.140. The van der Waals surface area contributed by atoms with Crippen LogP contribution >= 0.6 is 22.9 Å². The molecule has 2 heterocycles. The first kappa shape index (κ1) is 16.2. The fraction of sp³-hybridized carbons (Fsp3) is 0.692. The number of piperidine rings is 1. The van der Waals surface area contributed by atoms with Gasteiger partial charge in [-0.3, -0.25) is 0 Å². The highest BCUT2D eigenvalue weighted by molar-refractivity contribution is 7.91. The van der Waals surface area contributed by atoms with Crippen LogP contribution in [0.5, 0.6) is 0 Å². The standard InChI is InChI=1S/C13H21ClN2O2S2/c1-15-5-3-11(4-6-15)9-16(2)20(17,18)13-7-12(8-14)10-19-13/h7,10-11H,3-6,8-9H2,1-2H3. The molecule has 1 fully saturated rings. The Morgan fingerprint density at radius 3 is 2.65 bits per heavy atom. The fourth-order valence-electron chi connectivity index (χ4n) is 2.42. The van der Waals surface area contributed by atoms with E-state index in [4.69, 9.17) is 11.6 Å². The zero-order chi connectivity index (χ0) is 14.8. The molecule has 0 radical (unpaired) electrons. The molecule has 20 heavy (non-hydrogen) atoms. The van der Waals surface area contributed by atoms with E-state index in [1.165, 1.54) is 15.6 Å². The minimum atomic E-state index is -3.36. The topological polar surface area (TPSA) is 40.6 Å². The molecule has 0 unspecified atom stereocenters. The van der Waals surface area contributed by atoms with Crippen LogP contribution in [-0.2, 0) is 15.9 Å². The Morgan fingerprint density at radius 1 is 1.45 bits per heavy atom. The maximum absolute atomic E-state index is 12.5. The van der Waals surface area contributed by atoms with Crippen molar-refractivity contribution in [3.63, 3.8) is 0 Å². The Labute approximate surface area is 130 Å². The minimum Gasteiger partial charge on any atom is -0.306 e. The van der Waals surface area contributed by atoms with Crippen LogP contribution < -0.4 is 0 Å². The lowest BCUT2D eigenvalue weighted by molar-refractivity contribution is 0.202. The molecule has 1 aliphatic rings. The largest absolute Gasteiger partial charge is 0.306 e. The number of hydrogen-bond acceptors (Lipinski definition) is 4. The Kier molecular flexibility index (Phi) is 5.48. The van der Waals surface area contributed by atoms with Crippen molar-refractivity contribution in [1.29, 1.82) is 0 Å². The molecule has 1 aromatic heterocycles. The predicted molar refractivity (Wildman–Crippen MR) is 83.9 cm³/mol. The highest BCUT2D eigenvalue weighted by Gasteiger charge is 2.26. The summed E-state index contributed by atoms with van der Waals surface area (Å²) in [7, 11) is 0.420. The average Bonchev–Trinajstić information content (AvgIpc) is 2.90. The van der Waals surface area contributed by atoms with Gasteiger partial charge in [0.15, 0.2) is 0 Å². The predicted octanol–water partition coefficient (Wildman–Crippen LogP) is 2.45. The second kappa shape index (κ2) is 6.75. The lowest BCUT2D eigenvalue weighted by atomic mass is 9.97. The first-order chi connectivity index (χ1) is 9.43. The normalized spacial score (nSPS) is 18.8. The zero-order valence-corrected chi connectivity index (χ0v) is 14.3. The van der Waals surface area contributed by atoms with Gasteiger partial charge in [-0.25, -0.2) is 8.42 Å². The van der Waals surface area contributed by atoms with Gasteiger partial charge in [-0.05, 0) is 55.9 Å². The van der Waals surface area contributed by atoms with Crippen LogP contribution in [-0.4, -0.2) is 51.4 Å². The van der Waals surface area contributed by atoms with Crippen LogP contribution in [0.3, 0.4) is 0 Å². The number of hydrogen-bond donors (Lipinski definition) is 0. The van der Waals surface area contributed by atoms with E-state index in [0.717, 1.165) is 31.5 Å². The number of thiophene rings is 1. The maximum Gasteiger partial charge on any atom is 0.252 e. The Balaban J connectivity index is 2.01. The van der Waals surface area contributed by atoms with Gasteiger partial charge in [-0.1, -0.05) is 0 Å². The summed E-state index contributed by atoms with van der Waals surface area (Å²) in [4.78, 5) is 2.29. The molecule has 114 valence electrons. The number of nitrogens with zero attached hydrogens (tertiary/aromatic N) is 2. The van der Waals surface area contributed by atoms with Gasteiger partial charge in [0, 0.05) is 19.5 Å². The van der Waals surface area contributed by atoms with Crippen molar-refractivity contribution in [2.24, 2.45) is 5.92 Å². The van der Waals surface area contributed by atoms with Crippen LogP contribution in [0.1, 0.15) is 18.4 Å². The van der Waals surface area contributed by atoms with Crippen molar-refractivity contribution in [3.8, 4) is 0 Å². The number of rotatable bonds is 5. The van der Waals surface area contributed by atoms with Crippen LogP contribution in [0.15, 0.2) is 15.7 Å². The molecule has 1 aliphatic heterocycles. The third-order valence-corrected chi connectivity index (χ3v) is 7.40. The molecule has 7 heteroatoms. The van der Waals surface area contributed by atoms with E-state index in [0.29, 0.717) is 22.6 Å². The van der Waals surface area contributed by atoms with Crippen molar-refractivity contribution in [2.75, 3.05) is 33.7 Å². The molecule has 2 rings (SSSR count). The lowest BCUT2D eigenvalue weighted by Crippen LogP contribution is -2.37. The summed E-state index contributed by atoms with van der Waals surface area (Å²) < 4.78 is 26.8. The first-order valence-corrected chi connectivity index (χ1v) is 9.57. The average molecular weight is 337 g/mol. The number of alkyl halides is 1. The highest BCUT2D eigenvalue weighted by Crippen LogP contribution is 2.26. The molecule has 1 saturated heterocycles. The molecule has 0 bridgehead atoms. The summed E-state index contributed by atoms with van der Waals surface area (Å²) in [5, 5.41) is 1.81. The lowest BCUT2D eigenvalue weighted by Gasteiger charge is -2.31. The molecule has 0 aromatic carbocycles. The van der Waals surface area contributed by atoms with Crippen LogP contribution in [0.25, 0.3) is 0 Å². The van der Waals surface area contributed by atoms with Crippen LogP contribution in [0, 0.1) is 5.92 Å². The maximum atomic E-state index is 12.5. The molecule has 0 spiro atoms. The van der Waals surface area contributed by atoms with Crippen LogP contribution in [0.2, 0.25) is 0 Å². The summed E-state index contributed by atoms with van der Waals surface area (Å²) in [6.45, 7) is 2.70. The van der Waals surface area contributed by atoms with Gasteiger partial charge in [-0.15, -0.1) is 22.9 Å². The summed E-state index contributed by atoms with van der Waals surface area (Å²) in [6.07, 6.45) is 2.13. The minimum absolute atomic E-state index is 0.352. The van der Waals surface area contributed by atoms with Crippen molar-refractivity contribution >= 4 is 33.0 Å². The molecule has 0 saturated carbocycles. The number of likely N-dealkylation sites (tertiary alicyclic amines) is 1. The van der Waals surface area contributed by atoms with E-state index in [2.05, 4.69) is 11.9 Å². The SMILES string of the molecule is CN1CCC(CN(C)S(=O)(=O)c2cc(CCl)cs2)CC1. The number of sulfonamides is 1. The van der Waals surface area contributed by atoms with E-state index in [9.17, 15) is 8.42 Å². The zero-order valence-electron chi connectivity index (χ0n) is 11.9. The Bertz CT molecular complexity index is 536. The van der Waals surface area contributed by atoms with Gasteiger partial charge in [-0.2, -0.15) is 4.31 Å². The molecule has 0 amide bonds. The van der Waals surface area contributed by atoms with E-state index >= 15 is 0 Å². The van der Waals surface area contributed by atoms with Crippen LogP contribution in [0.4, 0.5) is 0 Å². The quantitative estimate of drug-likeness (QED) is 0.775. The van der Waals surface area contributed by atoms with Gasteiger partial charge in [0.1, 0.15) is 4.21 Å². The van der Waals surface area contributed by atoms with Crippen molar-refractivity contribution in [1.82, 2.24) is 9.21 Å². The third-order valence-electron chi connectivity index (χ3n) is 3.80. The summed E-state index contributed by atoms with van der Waals surface area (Å²) in [5.74, 6) is 0.809. The van der Waals surface area contributed by atoms with Gasteiger partial charge in [0.2, 0.25) is 0 Å². The van der Waals surface area contributed by atoms with E-state index in [1.807, 2.05) is 5.38 Å². The second-order valence-corrected chi connectivity index (χ2v) is 8.89. The summed E-state index contributed by atoms with van der Waals surface area (Å²) >= 11 is 6.98. The molecule has 0 N–H and O–H groups in total. The van der Waals surface area contributed by atoms with E-state index < -0.39 is 10.0 Å². The van der Waals surface area contributed by atoms with Crippen molar-refractivity contribution in [3.05, 3.63) is 17.0 Å². The Morgan fingerprint density at radius 2 is 2.10 bits per heavy atom. The van der Waals surface area contributed by atoms with Crippen molar-refractivity contribution in [2.45, 2.75) is 22.9 Å². The fourth-order valence-corrected chi connectivity index (χ4v) is 5.33. The number of halogens is 1. The molecule has 0 aliphatic carbocycles. The monoisotopic (exact) mass is 336 g/mol. The molecular weight excluding hydrogens is 316 g/mol. The smallest absolute Gasteiger partial charge is 0.252 e. The molecule has 0 atom stereocenters. The second-order valence-electron chi connectivity index (χ2n) is 5.44. The van der Waals surface area contributed by atoms with E-state index in [-0.39, 0.29) is 0 Å². The highest BCUT2D eigenvalue weighted by atomic mass is 35.5. The molecule has 4 nitrogen and oxygen atoms in total. The van der Waals surface area contributed by atoms with Gasteiger partial charge < -0.3 is 4.90 Å². The van der Waals surface area contributed by atoms with Gasteiger partial charge >= 0.3 is 0 Å². The summed E-state index contributed by atoms with van der Waals surface area (Å²) in [6, 6.07) is 1.68. The van der Waals surface area contributed by atoms with Gasteiger partial charge in [0.05, 0.1) is 0 Å². The third kappa shape index (κ3) is 3.74. The first-order valence-electron chi connectivity index (χ1n) is 6.71.